The van der Waals surface area contributed by atoms with E-state index in [1.54, 1.807) is 6.07 Å². The number of aromatic amines is 1. The van der Waals surface area contributed by atoms with Crippen LogP contribution in [0.15, 0.2) is 48.5 Å². The number of halogens is 2. The number of benzene rings is 2. The van der Waals surface area contributed by atoms with Gasteiger partial charge in [-0.05, 0) is 36.8 Å². The molecular weight excluding hydrogens is 331 g/mol. The molecule has 0 unspecified atom stereocenters. The number of imidazole rings is 1. The molecule has 0 atom stereocenters. The van der Waals surface area contributed by atoms with Gasteiger partial charge in [0.25, 0.3) is 0 Å². The third-order valence-electron chi connectivity index (χ3n) is 3.51. The highest BCUT2D eigenvalue weighted by atomic mass is 35.5. The Balaban J connectivity index is 1.69. The predicted molar refractivity (Wildman–Crippen MR) is 93.4 cm³/mol. The lowest BCUT2D eigenvalue weighted by Gasteiger charge is -2.03. The van der Waals surface area contributed by atoms with Gasteiger partial charge in [-0.2, -0.15) is 0 Å². The van der Waals surface area contributed by atoms with Crippen molar-refractivity contribution in [3.05, 3.63) is 81.4 Å². The molecule has 1 heterocycles. The molecule has 23 heavy (non-hydrogen) atoms. The fourth-order valence-electron chi connectivity index (χ4n) is 2.32. The molecule has 0 radical (unpaired) electrons. The minimum absolute atomic E-state index is 0.409. The normalized spacial score (nSPS) is 10.7. The highest BCUT2D eigenvalue weighted by Crippen LogP contribution is 2.24. The van der Waals surface area contributed by atoms with Crippen LogP contribution in [0.3, 0.4) is 0 Å². The Kier molecular flexibility index (Phi) is 4.89. The molecule has 2 aromatic carbocycles. The highest BCUT2D eigenvalue weighted by molar-refractivity contribution is 6.42. The lowest BCUT2D eigenvalue weighted by Crippen LogP contribution is -1.97. The average molecular weight is 347 g/mol. The maximum Gasteiger partial charge on any atom is 0.146 e. The van der Waals surface area contributed by atoms with Gasteiger partial charge in [0.1, 0.15) is 18.2 Å². The van der Waals surface area contributed by atoms with Gasteiger partial charge in [0, 0.05) is 12.1 Å². The molecular formula is C18H16Cl2N2O. The predicted octanol–water partition coefficient (Wildman–Crippen LogP) is 5.19. The SMILES string of the molecule is Cc1[nH]c(COc2ccccc2)nc1Cc1ccc(Cl)c(Cl)c1. The van der Waals surface area contributed by atoms with Crippen molar-refractivity contribution >= 4 is 23.2 Å². The number of rotatable bonds is 5. The van der Waals surface area contributed by atoms with Crippen LogP contribution >= 0.6 is 23.2 Å². The quantitative estimate of drug-likeness (QED) is 0.689. The van der Waals surface area contributed by atoms with E-state index in [1.165, 1.54) is 0 Å². The monoisotopic (exact) mass is 346 g/mol. The maximum atomic E-state index is 6.06. The van der Waals surface area contributed by atoms with Crippen LogP contribution in [0.25, 0.3) is 0 Å². The number of para-hydroxylation sites is 1. The second-order valence-corrected chi connectivity index (χ2v) is 6.10. The zero-order valence-corrected chi connectivity index (χ0v) is 14.2. The van der Waals surface area contributed by atoms with Crippen molar-refractivity contribution in [1.29, 1.82) is 0 Å². The summed E-state index contributed by atoms with van der Waals surface area (Å²) in [6.45, 7) is 2.41. The summed E-state index contributed by atoms with van der Waals surface area (Å²) < 4.78 is 5.71. The van der Waals surface area contributed by atoms with Crippen molar-refractivity contribution in [3.63, 3.8) is 0 Å². The number of aromatic nitrogens is 2. The first kappa shape index (κ1) is 15.9. The van der Waals surface area contributed by atoms with E-state index < -0.39 is 0 Å². The van der Waals surface area contributed by atoms with Crippen molar-refractivity contribution in [2.45, 2.75) is 20.0 Å². The summed E-state index contributed by atoms with van der Waals surface area (Å²) in [7, 11) is 0. The Morgan fingerprint density at radius 3 is 2.57 bits per heavy atom. The lowest BCUT2D eigenvalue weighted by molar-refractivity contribution is 0.297. The van der Waals surface area contributed by atoms with Gasteiger partial charge in [-0.3, -0.25) is 0 Å². The van der Waals surface area contributed by atoms with Crippen molar-refractivity contribution in [2.24, 2.45) is 0 Å². The largest absolute Gasteiger partial charge is 0.486 e. The molecule has 0 spiro atoms. The van der Waals surface area contributed by atoms with Crippen LogP contribution in [0.4, 0.5) is 0 Å². The number of hydrogen-bond donors (Lipinski definition) is 1. The first-order chi connectivity index (χ1) is 11.1. The molecule has 0 fully saturated rings. The van der Waals surface area contributed by atoms with Gasteiger partial charge in [0.15, 0.2) is 0 Å². The van der Waals surface area contributed by atoms with Crippen molar-refractivity contribution in [2.75, 3.05) is 0 Å². The standard InChI is InChI=1S/C18H16Cl2N2O/c1-12-17(10-13-7-8-15(19)16(20)9-13)22-18(21-12)11-23-14-5-3-2-4-6-14/h2-9H,10-11H2,1H3,(H,21,22). The van der Waals surface area contributed by atoms with E-state index in [2.05, 4.69) is 9.97 Å². The van der Waals surface area contributed by atoms with E-state index in [9.17, 15) is 0 Å². The molecule has 118 valence electrons. The minimum Gasteiger partial charge on any atom is -0.486 e. The molecule has 3 aromatic rings. The number of aryl methyl sites for hydroxylation is 1. The Morgan fingerprint density at radius 1 is 1.04 bits per heavy atom. The summed E-state index contributed by atoms with van der Waals surface area (Å²) in [5.41, 5.74) is 3.09. The summed E-state index contributed by atoms with van der Waals surface area (Å²) in [5.74, 6) is 1.63. The van der Waals surface area contributed by atoms with E-state index in [4.69, 9.17) is 27.9 Å². The van der Waals surface area contributed by atoms with Crippen molar-refractivity contribution in [1.82, 2.24) is 9.97 Å². The van der Waals surface area contributed by atoms with Crippen molar-refractivity contribution in [3.8, 4) is 5.75 Å². The van der Waals surface area contributed by atoms with Gasteiger partial charge in [-0.25, -0.2) is 4.98 Å². The van der Waals surface area contributed by atoms with Crippen LogP contribution in [0.2, 0.25) is 10.0 Å². The molecule has 0 aliphatic rings. The molecule has 0 aliphatic heterocycles. The minimum atomic E-state index is 0.409. The second kappa shape index (κ2) is 7.07. The van der Waals surface area contributed by atoms with Crippen LogP contribution in [0, 0.1) is 6.92 Å². The van der Waals surface area contributed by atoms with E-state index in [1.807, 2.05) is 49.4 Å². The molecule has 0 aliphatic carbocycles. The number of H-pyrrole nitrogens is 1. The van der Waals surface area contributed by atoms with Gasteiger partial charge >= 0.3 is 0 Å². The summed E-state index contributed by atoms with van der Waals surface area (Å²) >= 11 is 12.0. The number of nitrogens with zero attached hydrogens (tertiary/aromatic N) is 1. The topological polar surface area (TPSA) is 37.9 Å². The first-order valence-corrected chi connectivity index (χ1v) is 8.03. The average Bonchev–Trinajstić information content (AvgIpc) is 2.90. The Bertz CT molecular complexity index is 800. The Morgan fingerprint density at radius 2 is 1.83 bits per heavy atom. The van der Waals surface area contributed by atoms with Gasteiger partial charge in [0.05, 0.1) is 15.7 Å². The number of hydrogen-bond acceptors (Lipinski definition) is 2. The Labute approximate surface area is 145 Å². The maximum absolute atomic E-state index is 6.06. The molecule has 0 bridgehead atoms. The van der Waals surface area contributed by atoms with Gasteiger partial charge in [-0.1, -0.05) is 47.5 Å². The molecule has 5 heteroatoms. The van der Waals surface area contributed by atoms with Gasteiger partial charge in [0.2, 0.25) is 0 Å². The summed E-state index contributed by atoms with van der Waals surface area (Å²) in [6, 6.07) is 15.3. The number of nitrogens with one attached hydrogen (secondary N) is 1. The molecule has 0 saturated heterocycles. The van der Waals surface area contributed by atoms with Crippen LogP contribution < -0.4 is 4.74 Å². The molecule has 1 aromatic heterocycles. The molecule has 3 nitrogen and oxygen atoms in total. The fourth-order valence-corrected chi connectivity index (χ4v) is 2.64. The fraction of sp³-hybridized carbons (Fsp3) is 0.167. The summed E-state index contributed by atoms with van der Waals surface area (Å²) in [6.07, 6.45) is 0.699. The molecule has 0 amide bonds. The molecule has 0 saturated carbocycles. The number of ether oxygens (including phenoxy) is 1. The highest BCUT2D eigenvalue weighted by Gasteiger charge is 2.09. The van der Waals surface area contributed by atoms with E-state index in [0.717, 1.165) is 28.5 Å². The second-order valence-electron chi connectivity index (χ2n) is 5.28. The zero-order valence-electron chi connectivity index (χ0n) is 12.6. The third kappa shape index (κ3) is 4.06. The summed E-state index contributed by atoms with van der Waals surface area (Å²) in [4.78, 5) is 7.88. The summed E-state index contributed by atoms with van der Waals surface area (Å²) in [5, 5.41) is 1.12. The van der Waals surface area contributed by atoms with Crippen LogP contribution in [-0.2, 0) is 13.0 Å². The van der Waals surface area contributed by atoms with Crippen molar-refractivity contribution < 1.29 is 4.74 Å². The molecule has 1 N–H and O–H groups in total. The third-order valence-corrected chi connectivity index (χ3v) is 4.25. The van der Waals surface area contributed by atoms with Crippen LogP contribution in [0.5, 0.6) is 5.75 Å². The smallest absolute Gasteiger partial charge is 0.146 e. The Hall–Kier alpha value is -1.97. The lowest BCUT2D eigenvalue weighted by atomic mass is 10.1. The van der Waals surface area contributed by atoms with Crippen LogP contribution in [-0.4, -0.2) is 9.97 Å². The van der Waals surface area contributed by atoms with Gasteiger partial charge < -0.3 is 9.72 Å². The van der Waals surface area contributed by atoms with E-state index in [0.29, 0.717) is 23.1 Å². The van der Waals surface area contributed by atoms with E-state index >= 15 is 0 Å². The van der Waals surface area contributed by atoms with Crippen LogP contribution in [0.1, 0.15) is 22.8 Å². The first-order valence-electron chi connectivity index (χ1n) is 7.28. The zero-order chi connectivity index (χ0) is 16.2. The van der Waals surface area contributed by atoms with Gasteiger partial charge in [-0.15, -0.1) is 0 Å². The molecule has 3 rings (SSSR count). The van der Waals surface area contributed by atoms with E-state index in [-0.39, 0.29) is 0 Å².